The summed E-state index contributed by atoms with van der Waals surface area (Å²) in [4.78, 5) is 101. The van der Waals surface area contributed by atoms with Gasteiger partial charge >= 0.3 is 0 Å². The summed E-state index contributed by atoms with van der Waals surface area (Å²) in [6.07, 6.45) is 11.4. The number of hydrogen-bond donors (Lipinski definition) is 11. The maximum atomic E-state index is 10.7. The molecule has 1 aliphatic rings. The van der Waals surface area contributed by atoms with Gasteiger partial charge in [0.15, 0.2) is 0 Å². The first kappa shape index (κ1) is 187. The Kier molecular flexibility index (Phi) is 511. The minimum absolute atomic E-state index is 0. The molecule has 1 unspecified atom stereocenters. The molecule has 3 aromatic rings. The molecule has 624 valence electrons. The highest BCUT2D eigenvalue weighted by atomic mass is 32.2. The van der Waals surface area contributed by atoms with E-state index < -0.39 is 11.1 Å². The van der Waals surface area contributed by atoms with Gasteiger partial charge in [0.05, 0.1) is 0 Å². The lowest BCUT2D eigenvalue weighted by atomic mass is 10.1. The quantitative estimate of drug-likeness (QED) is 0.0737. The fraction of sp³-hybridized carbons (Fsp3) is 0.573. The summed E-state index contributed by atoms with van der Waals surface area (Å²) < 4.78 is 19.2. The second-order valence-electron chi connectivity index (χ2n) is 16.8. The number of piperidine rings is 1. The van der Waals surface area contributed by atoms with Crippen molar-refractivity contribution in [1.29, 1.82) is 0 Å². The minimum atomic E-state index is -1.82. The Balaban J connectivity index is -0.0000000219. The number of likely N-dealkylation sites (tertiary alicyclic amines) is 1. The largest absolute Gasteiger partial charge is 0.772 e. The molecule has 26 nitrogen and oxygen atoms in total. The van der Waals surface area contributed by atoms with Gasteiger partial charge in [-0.15, -0.1) is 6.58 Å². The number of benzene rings is 3. The Labute approximate surface area is 631 Å². The van der Waals surface area contributed by atoms with Gasteiger partial charge < -0.3 is 126 Å². The Morgan fingerprint density at radius 1 is 0.422 bits per heavy atom. The van der Waals surface area contributed by atoms with E-state index in [2.05, 4.69) is 204 Å². The first-order valence-corrected chi connectivity index (χ1v) is 32.8. The van der Waals surface area contributed by atoms with E-state index in [1.54, 1.807) is 20.8 Å². The summed E-state index contributed by atoms with van der Waals surface area (Å²) in [5.74, 6) is 3.12. The molecule has 0 spiro atoms. The molecule has 0 radical (unpaired) electrons. The van der Waals surface area contributed by atoms with Gasteiger partial charge in [-0.3, -0.25) is 9.00 Å². The number of aliphatic hydroxyl groups is 1. The third kappa shape index (κ3) is 407. The SMILES string of the molecule is C=C(C)CC.C=O.C=O.C=O.C=O.C=O.C=O.C=O.C=O.C=O.C=O.C=O.CC.CC(=O)N1CCCCC1.CC(C)C.CC(C)O.CCC(C)C.CCC(C)C.CCCS(=O)[O-].CCc1ccccc1.CCc1ccccc1.CCc1ccccc1.CN.CN.CN.CN.CN.CN.N.N.N.N. The Morgan fingerprint density at radius 2 is 0.569 bits per heavy atom. The fourth-order valence-corrected chi connectivity index (χ4v) is 3.85. The van der Waals surface area contributed by atoms with E-state index in [-0.39, 0.29) is 36.6 Å². The number of aliphatic hydroxyl groups excluding tert-OH is 1. The Morgan fingerprint density at radius 3 is 0.627 bits per heavy atom. The van der Waals surface area contributed by atoms with Gasteiger partial charge in [-0.25, -0.2) is 0 Å². The third-order valence-electron chi connectivity index (χ3n) is 8.16. The van der Waals surface area contributed by atoms with E-state index in [1.807, 2.05) is 125 Å². The van der Waals surface area contributed by atoms with Crippen molar-refractivity contribution in [3.05, 3.63) is 120 Å². The first-order chi connectivity index (χ1) is 47.1. The standard InChI is InChI=1S/3C8H10.C7H13NO.2C5H12.C5H10.C4H10.C3H8O2S.C3H8O.C2H6.6CH5N.11CH2O.4H3N/c3*1-2-8-6-4-3-5-7-8;1-7(9)8-5-3-2-4-6-8;3*1-4-5(2)3;1-4(2)3;1-2-3-6(4)5;1-3(2)4;18*1-2;;;;/h3*3-7H,2H2,1H3;2-6H2,1H3;2*5H,4H2,1-3H3;2,4H2,1,3H3;4H,1-3H3;2-3H2,1H3,(H,4,5);3-4H,1-2H3;1-2H3;6*2H2,1H3;11*1H2;4*1H3/p-1. The molecule has 0 saturated carbocycles. The molecule has 1 amide bonds. The van der Waals surface area contributed by atoms with Crippen molar-refractivity contribution in [2.24, 2.45) is 52.2 Å². The molecule has 1 heterocycles. The van der Waals surface area contributed by atoms with Crippen LogP contribution in [0.1, 0.15) is 200 Å². The van der Waals surface area contributed by atoms with Crippen LogP contribution in [0.25, 0.3) is 0 Å². The van der Waals surface area contributed by atoms with Crippen molar-refractivity contribution in [3.8, 4) is 0 Å². The summed E-state index contributed by atoms with van der Waals surface area (Å²) in [6, 6.07) is 31.4. The van der Waals surface area contributed by atoms with Crippen molar-refractivity contribution in [1.82, 2.24) is 29.5 Å². The number of rotatable bonds is 8. The molecule has 1 fully saturated rings. The second kappa shape index (κ2) is 279. The number of hydrogen-bond acceptors (Lipinski definition) is 25. The number of carbonyl (C=O) groups is 12. The van der Waals surface area contributed by atoms with E-state index in [0.29, 0.717) is 5.75 Å². The molecule has 1 saturated heterocycles. The van der Waals surface area contributed by atoms with E-state index in [4.69, 9.17) is 57.8 Å². The molecule has 102 heavy (non-hydrogen) atoms. The summed E-state index contributed by atoms with van der Waals surface area (Å²) in [5.41, 5.74) is 32.5. The van der Waals surface area contributed by atoms with E-state index in [0.717, 1.165) is 62.9 Å². The van der Waals surface area contributed by atoms with Crippen LogP contribution < -0.4 is 59.0 Å². The molecule has 4 rings (SSSR count). The van der Waals surface area contributed by atoms with E-state index >= 15 is 0 Å². The molecule has 0 bridgehead atoms. The number of nitrogens with zero attached hydrogens (tertiary/aromatic N) is 1. The van der Waals surface area contributed by atoms with Crippen LogP contribution in [0.15, 0.2) is 103 Å². The van der Waals surface area contributed by atoms with Crippen LogP contribution in [-0.4, -0.2) is 167 Å². The molecule has 0 aromatic heterocycles. The van der Waals surface area contributed by atoms with Crippen molar-refractivity contribution >= 4 is 91.7 Å². The maximum Gasteiger partial charge on any atom is 0.219 e. The topological polar surface area (TPSA) is 565 Å². The molecule has 25 N–H and O–H groups in total. The maximum absolute atomic E-state index is 10.7. The average molecular weight is 1500 g/mol. The summed E-state index contributed by atoms with van der Waals surface area (Å²) in [5, 5.41) is 8.06. The van der Waals surface area contributed by atoms with Crippen molar-refractivity contribution in [2.45, 2.75) is 209 Å². The van der Waals surface area contributed by atoms with Crippen LogP contribution in [0.3, 0.4) is 0 Å². The van der Waals surface area contributed by atoms with Gasteiger partial charge in [0.1, 0.15) is 74.7 Å². The summed E-state index contributed by atoms with van der Waals surface area (Å²) >= 11 is -1.82. The zero-order valence-corrected chi connectivity index (χ0v) is 71.3. The third-order valence-corrected chi connectivity index (χ3v) is 8.90. The Bertz CT molecular complexity index is 1400. The lowest BCUT2D eigenvalue weighted by Gasteiger charge is -2.24. The van der Waals surface area contributed by atoms with Crippen molar-refractivity contribution in [3.63, 3.8) is 0 Å². The average Bonchev–Trinajstić information content (AvgIpc) is 1.14. The lowest BCUT2D eigenvalue weighted by molar-refractivity contribution is -0.129. The first-order valence-electron chi connectivity index (χ1n) is 31.5. The fourth-order valence-electron chi connectivity index (χ4n) is 3.52. The van der Waals surface area contributed by atoms with Crippen LogP contribution in [0.2, 0.25) is 0 Å². The van der Waals surface area contributed by atoms with Crippen LogP contribution in [0.4, 0.5) is 0 Å². The summed E-state index contributed by atoms with van der Waals surface area (Å²) in [7, 11) is 9.00. The van der Waals surface area contributed by atoms with E-state index in [1.165, 1.54) is 96.7 Å². The molecular weight excluding hydrogens is 1330 g/mol. The van der Waals surface area contributed by atoms with Gasteiger partial charge in [-0.2, -0.15) is 0 Å². The van der Waals surface area contributed by atoms with Crippen LogP contribution >= 0.6 is 0 Å². The zero-order valence-electron chi connectivity index (χ0n) is 70.5. The highest BCUT2D eigenvalue weighted by molar-refractivity contribution is 7.79. The number of amides is 1. The van der Waals surface area contributed by atoms with Gasteiger partial charge in [-0.05, 0) is 149 Å². The molecule has 1 aliphatic heterocycles. The monoisotopic (exact) mass is 1500 g/mol. The van der Waals surface area contributed by atoms with Gasteiger partial charge in [0.25, 0.3) is 0 Å². The minimum Gasteiger partial charge on any atom is -0.772 e. The van der Waals surface area contributed by atoms with Crippen LogP contribution in [0, 0.1) is 17.8 Å². The molecule has 0 aliphatic carbocycles. The normalized spacial score (nSPS) is 7.61. The predicted molar refractivity (Wildman–Crippen MR) is 451 cm³/mol. The van der Waals surface area contributed by atoms with Crippen LogP contribution in [-0.2, 0) is 87.9 Å². The zero-order chi connectivity index (χ0) is 85.1. The number of aryl methyl sites for hydroxylation is 3. The number of nitrogens with two attached hydrogens (primary N) is 6. The molecule has 27 heteroatoms. The highest BCUT2D eigenvalue weighted by Crippen LogP contribution is 2.08. The lowest BCUT2D eigenvalue weighted by Crippen LogP contribution is -2.33. The number of carbonyl (C=O) groups excluding carboxylic acids is 12. The Hall–Kier alpha value is -7.09. The predicted octanol–water partition coefficient (Wildman–Crippen LogP) is 13.3. The second-order valence-corrected chi connectivity index (χ2v) is 17.8. The van der Waals surface area contributed by atoms with Crippen molar-refractivity contribution < 1.29 is 71.4 Å². The molecular formula is C75H172N11O15S-. The summed E-state index contributed by atoms with van der Waals surface area (Å²) in [6.45, 7) is 69.0. The van der Waals surface area contributed by atoms with Gasteiger partial charge in [0, 0.05) is 31.9 Å². The molecule has 3 aromatic carbocycles. The smallest absolute Gasteiger partial charge is 0.219 e. The van der Waals surface area contributed by atoms with E-state index in [9.17, 15) is 13.6 Å². The molecule has 1 atom stereocenters. The van der Waals surface area contributed by atoms with Crippen LogP contribution in [0.5, 0.6) is 0 Å². The highest BCUT2D eigenvalue weighted by Gasteiger charge is 2.11. The number of allylic oxidation sites excluding steroid dienone is 1. The van der Waals surface area contributed by atoms with Gasteiger partial charge in [0.2, 0.25) is 5.91 Å². The van der Waals surface area contributed by atoms with Crippen molar-refractivity contribution in [2.75, 3.05) is 61.1 Å². The van der Waals surface area contributed by atoms with Gasteiger partial charge in [-0.1, -0.05) is 231 Å².